The molecule has 3 aromatic rings. The Bertz CT molecular complexity index is 797. The molecule has 0 bridgehead atoms. The lowest BCUT2D eigenvalue weighted by molar-refractivity contribution is 0.102. The minimum atomic E-state index is 0.553. The van der Waals surface area contributed by atoms with Crippen molar-refractivity contribution in [2.75, 3.05) is 20.3 Å². The number of furan rings is 1. The summed E-state index contributed by atoms with van der Waals surface area (Å²) >= 11 is 0. The monoisotopic (exact) mass is 380 g/mol. The molecule has 0 fully saturated rings. The third-order valence-corrected chi connectivity index (χ3v) is 4.53. The van der Waals surface area contributed by atoms with Gasteiger partial charge in [-0.1, -0.05) is 36.8 Å². The second-order valence-electron chi connectivity index (χ2n) is 6.62. The number of hydrogen-bond donors (Lipinski definition) is 0. The molecule has 148 valence electrons. The molecule has 0 N–H and O–H groups in total. The van der Waals surface area contributed by atoms with Gasteiger partial charge in [0.25, 0.3) is 0 Å². The van der Waals surface area contributed by atoms with Gasteiger partial charge in [0.1, 0.15) is 23.9 Å². The number of methoxy groups -OCH3 is 1. The van der Waals surface area contributed by atoms with Crippen molar-refractivity contribution in [1.82, 2.24) is 0 Å². The Balaban J connectivity index is 1.34. The molecule has 0 saturated carbocycles. The molecular weight excluding hydrogens is 352 g/mol. The summed E-state index contributed by atoms with van der Waals surface area (Å²) in [4.78, 5) is 0. The van der Waals surface area contributed by atoms with Gasteiger partial charge in [0.05, 0.1) is 20.0 Å². The van der Waals surface area contributed by atoms with Crippen molar-refractivity contribution in [3.8, 4) is 22.6 Å². The molecule has 0 aliphatic heterocycles. The van der Waals surface area contributed by atoms with Crippen molar-refractivity contribution in [3.05, 3.63) is 72.7 Å². The highest BCUT2D eigenvalue weighted by Gasteiger charge is 2.07. The van der Waals surface area contributed by atoms with Gasteiger partial charge in [-0.15, -0.1) is 0 Å². The highest BCUT2D eigenvalue weighted by Crippen LogP contribution is 2.33. The molecule has 0 saturated heterocycles. The highest BCUT2D eigenvalue weighted by atomic mass is 16.5. The summed E-state index contributed by atoms with van der Waals surface area (Å²) in [5.41, 5.74) is 2.17. The summed E-state index contributed by atoms with van der Waals surface area (Å²) in [6.07, 6.45) is 6.03. The third-order valence-electron chi connectivity index (χ3n) is 4.53. The smallest absolute Gasteiger partial charge is 0.129 e. The van der Waals surface area contributed by atoms with E-state index in [0.717, 1.165) is 60.7 Å². The maximum Gasteiger partial charge on any atom is 0.129 e. The van der Waals surface area contributed by atoms with Crippen LogP contribution < -0.4 is 9.47 Å². The Morgan fingerprint density at radius 3 is 2.39 bits per heavy atom. The number of ether oxygens (including phenoxy) is 3. The van der Waals surface area contributed by atoms with Crippen LogP contribution in [0.4, 0.5) is 0 Å². The Morgan fingerprint density at radius 1 is 0.821 bits per heavy atom. The zero-order chi connectivity index (χ0) is 19.4. The van der Waals surface area contributed by atoms with Crippen LogP contribution in [0.1, 0.15) is 31.4 Å². The lowest BCUT2D eigenvalue weighted by Gasteiger charge is -2.12. The maximum atomic E-state index is 5.95. The molecule has 0 atom stereocenters. The van der Waals surface area contributed by atoms with E-state index in [1.165, 1.54) is 0 Å². The van der Waals surface area contributed by atoms with Crippen molar-refractivity contribution in [1.29, 1.82) is 0 Å². The first-order valence-electron chi connectivity index (χ1n) is 9.83. The number of hydrogen-bond acceptors (Lipinski definition) is 4. The summed E-state index contributed by atoms with van der Waals surface area (Å²) in [6.45, 7) is 2.03. The largest absolute Gasteiger partial charge is 0.496 e. The van der Waals surface area contributed by atoms with Crippen LogP contribution in [-0.4, -0.2) is 20.3 Å². The molecule has 28 heavy (non-hydrogen) atoms. The second-order valence-corrected chi connectivity index (χ2v) is 6.62. The number of unbranched alkanes of at least 4 members (excludes halogenated alkanes) is 3. The van der Waals surface area contributed by atoms with E-state index >= 15 is 0 Å². The molecule has 0 unspecified atom stereocenters. The van der Waals surface area contributed by atoms with Crippen LogP contribution in [0, 0.1) is 0 Å². The number of rotatable bonds is 12. The van der Waals surface area contributed by atoms with Crippen molar-refractivity contribution in [2.45, 2.75) is 32.3 Å². The fourth-order valence-electron chi connectivity index (χ4n) is 3.04. The quantitative estimate of drug-likeness (QED) is 0.355. The third kappa shape index (κ3) is 6.17. The van der Waals surface area contributed by atoms with Crippen molar-refractivity contribution < 1.29 is 18.6 Å². The standard InChI is InChI=1S/C24H28O4/c1-25-24-14-13-21(18-23(24)20-10-5-4-6-11-20)27-16-8-3-2-7-15-26-19-22-12-9-17-28-22/h4-6,9-14,17-18H,2-3,7-8,15-16,19H2,1H3. The van der Waals surface area contributed by atoms with E-state index in [2.05, 4.69) is 18.2 Å². The van der Waals surface area contributed by atoms with E-state index in [4.69, 9.17) is 18.6 Å². The summed E-state index contributed by atoms with van der Waals surface area (Å²) in [6, 6.07) is 20.0. The van der Waals surface area contributed by atoms with Crippen LogP contribution in [0.25, 0.3) is 11.1 Å². The predicted molar refractivity (Wildman–Crippen MR) is 111 cm³/mol. The Labute approximate surface area is 167 Å². The molecule has 0 amide bonds. The van der Waals surface area contributed by atoms with Crippen LogP contribution in [0.5, 0.6) is 11.5 Å². The zero-order valence-corrected chi connectivity index (χ0v) is 16.4. The van der Waals surface area contributed by atoms with Crippen LogP contribution in [0.2, 0.25) is 0 Å². The molecular formula is C24H28O4. The first-order chi connectivity index (χ1) is 13.9. The van der Waals surface area contributed by atoms with E-state index < -0.39 is 0 Å². The molecule has 2 aromatic carbocycles. The van der Waals surface area contributed by atoms with Gasteiger partial charge in [-0.2, -0.15) is 0 Å². The van der Waals surface area contributed by atoms with Gasteiger partial charge >= 0.3 is 0 Å². The van der Waals surface area contributed by atoms with E-state index in [-0.39, 0.29) is 0 Å². The van der Waals surface area contributed by atoms with Gasteiger partial charge in [0.15, 0.2) is 0 Å². The van der Waals surface area contributed by atoms with Gasteiger partial charge in [-0.3, -0.25) is 0 Å². The van der Waals surface area contributed by atoms with Crippen LogP contribution in [0.15, 0.2) is 71.3 Å². The van der Waals surface area contributed by atoms with E-state index in [1.54, 1.807) is 13.4 Å². The topological polar surface area (TPSA) is 40.8 Å². The van der Waals surface area contributed by atoms with E-state index in [1.807, 2.05) is 42.5 Å². The fraction of sp³-hybridized carbons (Fsp3) is 0.333. The average molecular weight is 380 g/mol. The fourth-order valence-corrected chi connectivity index (χ4v) is 3.04. The molecule has 0 aliphatic rings. The average Bonchev–Trinajstić information content (AvgIpc) is 3.26. The van der Waals surface area contributed by atoms with Crippen LogP contribution in [-0.2, 0) is 11.3 Å². The first-order valence-corrected chi connectivity index (χ1v) is 9.83. The molecule has 4 nitrogen and oxygen atoms in total. The lowest BCUT2D eigenvalue weighted by atomic mass is 10.0. The Hall–Kier alpha value is -2.72. The van der Waals surface area contributed by atoms with Gasteiger partial charge in [-0.25, -0.2) is 0 Å². The SMILES string of the molecule is COc1ccc(OCCCCCCOCc2ccco2)cc1-c1ccccc1. The van der Waals surface area contributed by atoms with E-state index in [0.29, 0.717) is 13.2 Å². The van der Waals surface area contributed by atoms with Crippen molar-refractivity contribution in [3.63, 3.8) is 0 Å². The summed E-state index contributed by atoms with van der Waals surface area (Å²) in [7, 11) is 1.70. The minimum Gasteiger partial charge on any atom is -0.496 e. The van der Waals surface area contributed by atoms with Crippen LogP contribution in [0.3, 0.4) is 0 Å². The molecule has 0 aliphatic carbocycles. The molecule has 3 rings (SSSR count). The van der Waals surface area contributed by atoms with Gasteiger partial charge in [0.2, 0.25) is 0 Å². The summed E-state index contributed by atoms with van der Waals surface area (Å²) in [5, 5.41) is 0. The van der Waals surface area contributed by atoms with Gasteiger partial charge < -0.3 is 18.6 Å². The van der Waals surface area contributed by atoms with Crippen molar-refractivity contribution in [2.24, 2.45) is 0 Å². The summed E-state index contributed by atoms with van der Waals surface area (Å²) in [5.74, 6) is 2.61. The lowest BCUT2D eigenvalue weighted by Crippen LogP contribution is -1.99. The summed E-state index contributed by atoms with van der Waals surface area (Å²) < 4.78 is 22.3. The van der Waals surface area contributed by atoms with E-state index in [9.17, 15) is 0 Å². The Morgan fingerprint density at radius 2 is 1.64 bits per heavy atom. The molecule has 1 heterocycles. The predicted octanol–water partition coefficient (Wildman–Crippen LogP) is 6.11. The normalized spacial score (nSPS) is 10.8. The highest BCUT2D eigenvalue weighted by molar-refractivity contribution is 5.71. The second kappa shape index (κ2) is 11.2. The van der Waals surface area contributed by atoms with Gasteiger partial charge in [0, 0.05) is 12.2 Å². The Kier molecular flexibility index (Phi) is 8.01. The molecule has 1 aromatic heterocycles. The van der Waals surface area contributed by atoms with Gasteiger partial charge in [-0.05, 0) is 55.2 Å². The first kappa shape index (κ1) is 20.0. The van der Waals surface area contributed by atoms with Crippen LogP contribution >= 0.6 is 0 Å². The number of benzene rings is 2. The zero-order valence-electron chi connectivity index (χ0n) is 16.4. The van der Waals surface area contributed by atoms with Crippen molar-refractivity contribution >= 4 is 0 Å². The molecule has 0 spiro atoms. The molecule has 4 heteroatoms. The molecule has 0 radical (unpaired) electrons. The maximum absolute atomic E-state index is 5.95. The minimum absolute atomic E-state index is 0.553.